The third kappa shape index (κ3) is 2.68. The molecule has 0 aliphatic rings. The number of fused-ring (bicyclic) bond motifs is 1. The zero-order chi connectivity index (χ0) is 14.8. The Morgan fingerprint density at radius 2 is 1.95 bits per heavy atom. The normalized spacial score (nSPS) is 10.8. The molecule has 0 saturated carbocycles. The Morgan fingerprint density at radius 1 is 1.10 bits per heavy atom. The summed E-state index contributed by atoms with van der Waals surface area (Å²) in [5.74, 6) is 0. The van der Waals surface area contributed by atoms with E-state index in [1.807, 2.05) is 25.3 Å². The largest absolute Gasteiger partial charge is 0.398 e. The Labute approximate surface area is 124 Å². The predicted octanol–water partition coefficient (Wildman–Crippen LogP) is 4.43. The predicted molar refractivity (Wildman–Crippen MR) is 90.0 cm³/mol. The van der Waals surface area contributed by atoms with E-state index in [9.17, 15) is 0 Å². The standard InChI is InChI=1S/C18H19N3/c1-3-13-5-4-6-14(10-13)21-18-8-7-17(19)16-11-20-12(2)9-15(16)18/h4-11,21H,3,19H2,1-2H3. The number of hydrogen-bond acceptors (Lipinski definition) is 3. The molecule has 0 aliphatic heterocycles. The molecule has 0 radical (unpaired) electrons. The number of pyridine rings is 1. The minimum absolute atomic E-state index is 0.755. The summed E-state index contributed by atoms with van der Waals surface area (Å²) in [7, 11) is 0. The molecule has 106 valence electrons. The van der Waals surface area contributed by atoms with Crippen LogP contribution in [0.5, 0.6) is 0 Å². The van der Waals surface area contributed by atoms with Crippen molar-refractivity contribution < 1.29 is 0 Å². The Balaban J connectivity index is 2.08. The van der Waals surface area contributed by atoms with Crippen LogP contribution in [-0.4, -0.2) is 4.98 Å². The number of anilines is 3. The van der Waals surface area contributed by atoms with Crippen LogP contribution in [0.1, 0.15) is 18.2 Å². The Kier molecular flexibility index (Phi) is 3.48. The lowest BCUT2D eigenvalue weighted by Crippen LogP contribution is -1.96. The lowest BCUT2D eigenvalue weighted by Gasteiger charge is -2.12. The highest BCUT2D eigenvalue weighted by Crippen LogP contribution is 2.30. The molecule has 0 unspecified atom stereocenters. The van der Waals surface area contributed by atoms with Gasteiger partial charge in [-0.25, -0.2) is 0 Å². The summed E-state index contributed by atoms with van der Waals surface area (Å²) >= 11 is 0. The van der Waals surface area contributed by atoms with Gasteiger partial charge in [-0.3, -0.25) is 4.98 Å². The van der Waals surface area contributed by atoms with Gasteiger partial charge in [0.15, 0.2) is 0 Å². The van der Waals surface area contributed by atoms with Crippen molar-refractivity contribution in [3.63, 3.8) is 0 Å². The summed E-state index contributed by atoms with van der Waals surface area (Å²) in [6, 6.07) is 14.5. The van der Waals surface area contributed by atoms with Crippen LogP contribution in [0.15, 0.2) is 48.7 Å². The number of aryl methyl sites for hydroxylation is 2. The number of aromatic nitrogens is 1. The van der Waals surface area contributed by atoms with Gasteiger partial charge in [0.05, 0.1) is 0 Å². The smallest absolute Gasteiger partial charge is 0.0466 e. The van der Waals surface area contributed by atoms with Crippen molar-refractivity contribution >= 4 is 27.8 Å². The minimum atomic E-state index is 0.755. The number of nitrogens with zero attached hydrogens (tertiary/aromatic N) is 1. The van der Waals surface area contributed by atoms with Crippen molar-refractivity contribution in [2.75, 3.05) is 11.1 Å². The summed E-state index contributed by atoms with van der Waals surface area (Å²) in [5, 5.41) is 5.58. The van der Waals surface area contributed by atoms with Gasteiger partial charge in [0.2, 0.25) is 0 Å². The second-order valence-corrected chi connectivity index (χ2v) is 5.25. The Morgan fingerprint density at radius 3 is 2.76 bits per heavy atom. The van der Waals surface area contributed by atoms with Gasteiger partial charge in [0.25, 0.3) is 0 Å². The van der Waals surface area contributed by atoms with E-state index < -0.39 is 0 Å². The molecule has 3 N–H and O–H groups in total. The van der Waals surface area contributed by atoms with Gasteiger partial charge in [-0.1, -0.05) is 19.1 Å². The molecule has 3 rings (SSSR count). The third-order valence-corrected chi connectivity index (χ3v) is 3.69. The van der Waals surface area contributed by atoms with Crippen LogP contribution in [0.25, 0.3) is 10.8 Å². The van der Waals surface area contributed by atoms with E-state index in [0.29, 0.717) is 0 Å². The molecule has 0 aliphatic carbocycles. The van der Waals surface area contributed by atoms with Crippen LogP contribution in [0.3, 0.4) is 0 Å². The average molecular weight is 277 g/mol. The van der Waals surface area contributed by atoms with E-state index in [1.54, 1.807) is 0 Å². The molecule has 2 aromatic carbocycles. The fourth-order valence-electron chi connectivity index (χ4n) is 2.50. The Bertz CT molecular complexity index is 794. The SMILES string of the molecule is CCc1cccc(Nc2ccc(N)c3cnc(C)cc23)c1. The molecule has 0 amide bonds. The summed E-state index contributed by atoms with van der Waals surface area (Å²) in [6.07, 6.45) is 2.87. The van der Waals surface area contributed by atoms with Crippen molar-refractivity contribution in [2.45, 2.75) is 20.3 Å². The first-order valence-corrected chi connectivity index (χ1v) is 7.18. The first-order valence-electron chi connectivity index (χ1n) is 7.18. The molecule has 0 atom stereocenters. The van der Waals surface area contributed by atoms with Crippen molar-refractivity contribution in [3.05, 3.63) is 59.9 Å². The summed E-state index contributed by atoms with van der Waals surface area (Å²) in [5.41, 5.74) is 11.2. The first-order chi connectivity index (χ1) is 10.2. The van der Waals surface area contributed by atoms with Crippen LogP contribution in [0.2, 0.25) is 0 Å². The van der Waals surface area contributed by atoms with E-state index in [-0.39, 0.29) is 0 Å². The molecular formula is C18H19N3. The van der Waals surface area contributed by atoms with Gasteiger partial charge in [-0.15, -0.1) is 0 Å². The second kappa shape index (κ2) is 5.44. The number of nitrogens with two attached hydrogens (primary N) is 1. The van der Waals surface area contributed by atoms with Gasteiger partial charge in [-0.2, -0.15) is 0 Å². The summed E-state index contributed by atoms with van der Waals surface area (Å²) in [6.45, 7) is 4.15. The highest BCUT2D eigenvalue weighted by molar-refractivity contribution is 6.01. The van der Waals surface area contributed by atoms with E-state index in [4.69, 9.17) is 5.73 Å². The molecule has 3 heteroatoms. The molecule has 1 heterocycles. The molecular weight excluding hydrogens is 258 g/mol. The van der Waals surface area contributed by atoms with Crippen molar-refractivity contribution in [1.29, 1.82) is 0 Å². The van der Waals surface area contributed by atoms with Gasteiger partial charge in [0.1, 0.15) is 0 Å². The van der Waals surface area contributed by atoms with Crippen molar-refractivity contribution in [2.24, 2.45) is 0 Å². The van der Waals surface area contributed by atoms with Gasteiger partial charge in [-0.05, 0) is 49.2 Å². The quantitative estimate of drug-likeness (QED) is 0.696. The van der Waals surface area contributed by atoms with E-state index in [2.05, 4.69) is 47.6 Å². The molecule has 0 bridgehead atoms. The van der Waals surface area contributed by atoms with Gasteiger partial charge < -0.3 is 11.1 Å². The van der Waals surface area contributed by atoms with Crippen LogP contribution in [-0.2, 0) is 6.42 Å². The van der Waals surface area contributed by atoms with E-state index in [1.165, 1.54) is 5.56 Å². The number of nitrogens with one attached hydrogen (secondary N) is 1. The van der Waals surface area contributed by atoms with E-state index >= 15 is 0 Å². The molecule has 0 fully saturated rings. The lowest BCUT2D eigenvalue weighted by molar-refractivity contribution is 1.14. The van der Waals surface area contributed by atoms with Crippen LogP contribution < -0.4 is 11.1 Å². The van der Waals surface area contributed by atoms with Crippen LogP contribution in [0, 0.1) is 6.92 Å². The van der Waals surface area contributed by atoms with Crippen LogP contribution >= 0.6 is 0 Å². The first kappa shape index (κ1) is 13.4. The van der Waals surface area contributed by atoms with Gasteiger partial charge in [0, 0.05) is 39.7 Å². The highest BCUT2D eigenvalue weighted by atomic mass is 14.9. The molecule has 1 aromatic heterocycles. The number of nitrogen functional groups attached to an aromatic ring is 1. The molecule has 0 spiro atoms. The zero-order valence-electron chi connectivity index (χ0n) is 12.4. The average Bonchev–Trinajstić information content (AvgIpc) is 2.50. The minimum Gasteiger partial charge on any atom is -0.398 e. The maximum absolute atomic E-state index is 6.05. The zero-order valence-corrected chi connectivity index (χ0v) is 12.4. The molecule has 3 nitrogen and oxygen atoms in total. The molecule has 0 saturated heterocycles. The molecule has 21 heavy (non-hydrogen) atoms. The lowest BCUT2D eigenvalue weighted by atomic mass is 10.1. The maximum atomic E-state index is 6.05. The summed E-state index contributed by atoms with van der Waals surface area (Å²) in [4.78, 5) is 4.34. The van der Waals surface area contributed by atoms with Crippen LogP contribution in [0.4, 0.5) is 17.1 Å². The van der Waals surface area contributed by atoms with Crippen molar-refractivity contribution in [3.8, 4) is 0 Å². The molecule has 3 aromatic rings. The van der Waals surface area contributed by atoms with E-state index in [0.717, 1.165) is 39.9 Å². The number of benzene rings is 2. The topological polar surface area (TPSA) is 50.9 Å². The number of rotatable bonds is 3. The Hall–Kier alpha value is -2.55. The summed E-state index contributed by atoms with van der Waals surface area (Å²) < 4.78 is 0. The monoisotopic (exact) mass is 277 g/mol. The van der Waals surface area contributed by atoms with Crippen molar-refractivity contribution in [1.82, 2.24) is 4.98 Å². The fourth-order valence-corrected chi connectivity index (χ4v) is 2.50. The second-order valence-electron chi connectivity index (χ2n) is 5.25. The van der Waals surface area contributed by atoms with Gasteiger partial charge >= 0.3 is 0 Å². The fraction of sp³-hybridized carbons (Fsp3) is 0.167. The maximum Gasteiger partial charge on any atom is 0.0466 e. The highest BCUT2D eigenvalue weighted by Gasteiger charge is 2.06. The number of hydrogen-bond donors (Lipinski definition) is 2. The third-order valence-electron chi connectivity index (χ3n) is 3.69.